The highest BCUT2D eigenvalue weighted by Crippen LogP contribution is 2.40. The van der Waals surface area contributed by atoms with Gasteiger partial charge in [-0.05, 0) is 44.6 Å². The van der Waals surface area contributed by atoms with E-state index in [1.165, 1.54) is 41.5 Å². The first-order valence-corrected chi connectivity index (χ1v) is 8.41. The van der Waals surface area contributed by atoms with Crippen LogP contribution in [-0.4, -0.2) is 17.0 Å². The van der Waals surface area contributed by atoms with Crippen LogP contribution in [0.1, 0.15) is 54.8 Å². The summed E-state index contributed by atoms with van der Waals surface area (Å²) in [6.45, 7) is 6.63. The van der Waals surface area contributed by atoms with Gasteiger partial charge >= 0.3 is 0 Å². The van der Waals surface area contributed by atoms with Crippen molar-refractivity contribution in [2.45, 2.75) is 52.4 Å². The lowest BCUT2D eigenvalue weighted by molar-refractivity contribution is 0.517. The van der Waals surface area contributed by atoms with Crippen molar-refractivity contribution in [2.24, 2.45) is 5.92 Å². The Balaban J connectivity index is 2.05. The third-order valence-electron chi connectivity index (χ3n) is 4.77. The molecule has 1 saturated carbocycles. The van der Waals surface area contributed by atoms with E-state index in [1.807, 2.05) is 7.05 Å². The van der Waals surface area contributed by atoms with E-state index < -0.39 is 0 Å². The first-order chi connectivity index (χ1) is 9.63. The van der Waals surface area contributed by atoms with Crippen LogP contribution in [0.3, 0.4) is 0 Å². The molecule has 2 heterocycles. The topological polar surface area (TPSA) is 37.8 Å². The van der Waals surface area contributed by atoms with Crippen molar-refractivity contribution in [1.29, 1.82) is 0 Å². The maximum atomic E-state index is 4.88. The second kappa shape index (κ2) is 5.32. The van der Waals surface area contributed by atoms with E-state index in [0.717, 1.165) is 22.4 Å². The Morgan fingerprint density at radius 2 is 2.05 bits per heavy atom. The van der Waals surface area contributed by atoms with Crippen molar-refractivity contribution in [3.05, 3.63) is 16.3 Å². The number of aromatic nitrogens is 2. The number of nitrogens with zero attached hydrogens (tertiary/aromatic N) is 2. The molecule has 2 atom stereocenters. The molecule has 1 aliphatic carbocycles. The van der Waals surface area contributed by atoms with Crippen LogP contribution in [0, 0.1) is 19.8 Å². The SMILES string of the molecule is CCC1CCC(c2nc(NC)c3c(C)c(C)sc3n2)C1. The maximum absolute atomic E-state index is 4.88. The average Bonchev–Trinajstić information content (AvgIpc) is 3.04. The summed E-state index contributed by atoms with van der Waals surface area (Å²) in [5, 5.41) is 4.48. The van der Waals surface area contributed by atoms with Gasteiger partial charge in [-0.2, -0.15) is 0 Å². The fourth-order valence-electron chi connectivity index (χ4n) is 3.31. The van der Waals surface area contributed by atoms with Gasteiger partial charge in [0, 0.05) is 17.8 Å². The van der Waals surface area contributed by atoms with Gasteiger partial charge in [-0.1, -0.05) is 13.3 Å². The maximum Gasteiger partial charge on any atom is 0.138 e. The van der Waals surface area contributed by atoms with Gasteiger partial charge in [0.25, 0.3) is 0 Å². The summed E-state index contributed by atoms with van der Waals surface area (Å²) in [4.78, 5) is 12.2. The summed E-state index contributed by atoms with van der Waals surface area (Å²) < 4.78 is 0. The van der Waals surface area contributed by atoms with Crippen LogP contribution in [0.25, 0.3) is 10.2 Å². The molecule has 3 nitrogen and oxygen atoms in total. The van der Waals surface area contributed by atoms with Gasteiger partial charge in [-0.15, -0.1) is 11.3 Å². The lowest BCUT2D eigenvalue weighted by atomic mass is 10.0. The zero-order valence-electron chi connectivity index (χ0n) is 12.8. The quantitative estimate of drug-likeness (QED) is 0.894. The summed E-state index contributed by atoms with van der Waals surface area (Å²) in [5.41, 5.74) is 1.32. The summed E-state index contributed by atoms with van der Waals surface area (Å²) in [6.07, 6.45) is 5.12. The Hall–Kier alpha value is -1.16. The number of anilines is 1. The van der Waals surface area contributed by atoms with Crippen molar-refractivity contribution < 1.29 is 0 Å². The van der Waals surface area contributed by atoms with E-state index in [4.69, 9.17) is 9.97 Å². The summed E-state index contributed by atoms with van der Waals surface area (Å²) in [6, 6.07) is 0. The highest BCUT2D eigenvalue weighted by molar-refractivity contribution is 7.18. The van der Waals surface area contributed by atoms with Gasteiger partial charge < -0.3 is 5.32 Å². The predicted molar refractivity (Wildman–Crippen MR) is 86.8 cm³/mol. The number of fused-ring (bicyclic) bond motifs is 1. The smallest absolute Gasteiger partial charge is 0.138 e. The molecule has 0 bridgehead atoms. The van der Waals surface area contributed by atoms with E-state index in [1.54, 1.807) is 11.3 Å². The summed E-state index contributed by atoms with van der Waals surface area (Å²) in [5.74, 6) is 3.48. The van der Waals surface area contributed by atoms with E-state index in [-0.39, 0.29) is 0 Å². The Bertz CT molecular complexity index is 632. The van der Waals surface area contributed by atoms with E-state index in [9.17, 15) is 0 Å². The fourth-order valence-corrected chi connectivity index (χ4v) is 4.35. The highest BCUT2D eigenvalue weighted by Gasteiger charge is 2.28. The summed E-state index contributed by atoms with van der Waals surface area (Å²) in [7, 11) is 1.96. The Morgan fingerprint density at radius 3 is 2.70 bits per heavy atom. The molecule has 20 heavy (non-hydrogen) atoms. The van der Waals surface area contributed by atoms with Gasteiger partial charge in [0.1, 0.15) is 16.5 Å². The van der Waals surface area contributed by atoms with Crippen molar-refractivity contribution in [2.75, 3.05) is 12.4 Å². The minimum absolute atomic E-state index is 0.555. The number of rotatable bonds is 3. The molecule has 2 aromatic rings. The molecule has 3 rings (SSSR count). The minimum atomic E-state index is 0.555. The number of hydrogen-bond acceptors (Lipinski definition) is 4. The third kappa shape index (κ3) is 2.20. The van der Waals surface area contributed by atoms with Crippen LogP contribution in [-0.2, 0) is 0 Å². The Morgan fingerprint density at radius 1 is 1.25 bits per heavy atom. The van der Waals surface area contributed by atoms with Crippen molar-refractivity contribution in [3.63, 3.8) is 0 Å². The Labute approximate surface area is 124 Å². The van der Waals surface area contributed by atoms with Gasteiger partial charge in [0.15, 0.2) is 0 Å². The average molecular weight is 289 g/mol. The van der Waals surface area contributed by atoms with Crippen LogP contribution < -0.4 is 5.32 Å². The molecular weight excluding hydrogens is 266 g/mol. The highest BCUT2D eigenvalue weighted by atomic mass is 32.1. The molecule has 0 radical (unpaired) electrons. The number of thiophene rings is 1. The van der Waals surface area contributed by atoms with E-state index in [0.29, 0.717) is 5.92 Å². The van der Waals surface area contributed by atoms with Gasteiger partial charge in [0.05, 0.1) is 5.39 Å². The molecule has 4 heteroatoms. The monoisotopic (exact) mass is 289 g/mol. The first kappa shape index (κ1) is 13.8. The molecule has 0 saturated heterocycles. The molecule has 0 amide bonds. The molecular formula is C16H23N3S. The zero-order chi connectivity index (χ0) is 14.3. The molecule has 0 spiro atoms. The van der Waals surface area contributed by atoms with Crippen LogP contribution in [0.2, 0.25) is 0 Å². The molecule has 1 N–H and O–H groups in total. The van der Waals surface area contributed by atoms with Crippen LogP contribution >= 0.6 is 11.3 Å². The predicted octanol–water partition coefficient (Wildman–Crippen LogP) is 4.64. The van der Waals surface area contributed by atoms with E-state index >= 15 is 0 Å². The van der Waals surface area contributed by atoms with Crippen molar-refractivity contribution in [3.8, 4) is 0 Å². The molecule has 0 aliphatic heterocycles. The van der Waals surface area contributed by atoms with Crippen LogP contribution in [0.5, 0.6) is 0 Å². The third-order valence-corrected chi connectivity index (χ3v) is 5.87. The van der Waals surface area contributed by atoms with Crippen LogP contribution in [0.15, 0.2) is 0 Å². The number of aryl methyl sites for hydroxylation is 2. The molecule has 108 valence electrons. The van der Waals surface area contributed by atoms with Gasteiger partial charge in [-0.25, -0.2) is 9.97 Å². The minimum Gasteiger partial charge on any atom is -0.372 e. The standard InChI is InChI=1S/C16H23N3S/c1-5-11-6-7-12(8-11)14-18-15(17-4)13-9(2)10(3)20-16(13)19-14/h11-12H,5-8H2,1-4H3,(H,17,18,19). The van der Waals surface area contributed by atoms with Gasteiger partial charge in [-0.3, -0.25) is 0 Å². The van der Waals surface area contributed by atoms with Crippen LogP contribution in [0.4, 0.5) is 5.82 Å². The number of nitrogens with one attached hydrogen (secondary N) is 1. The zero-order valence-corrected chi connectivity index (χ0v) is 13.6. The number of hydrogen-bond donors (Lipinski definition) is 1. The summed E-state index contributed by atoms with van der Waals surface area (Å²) >= 11 is 1.80. The first-order valence-electron chi connectivity index (χ1n) is 7.59. The lowest BCUT2D eigenvalue weighted by Gasteiger charge is -2.11. The van der Waals surface area contributed by atoms with E-state index in [2.05, 4.69) is 26.1 Å². The lowest BCUT2D eigenvalue weighted by Crippen LogP contribution is -2.05. The largest absolute Gasteiger partial charge is 0.372 e. The molecule has 1 fully saturated rings. The molecule has 0 aromatic carbocycles. The molecule has 1 aliphatic rings. The van der Waals surface area contributed by atoms with Crippen molar-refractivity contribution >= 4 is 27.4 Å². The Kier molecular flexibility index (Phi) is 3.67. The second-order valence-corrected chi connectivity index (χ2v) is 7.13. The fraction of sp³-hybridized carbons (Fsp3) is 0.625. The molecule has 2 aromatic heterocycles. The second-order valence-electron chi connectivity index (χ2n) is 5.93. The van der Waals surface area contributed by atoms with Crippen molar-refractivity contribution in [1.82, 2.24) is 9.97 Å². The van der Waals surface area contributed by atoms with Gasteiger partial charge in [0.2, 0.25) is 0 Å². The molecule has 2 unspecified atom stereocenters. The normalized spacial score (nSPS) is 22.6.